The molecule has 0 saturated heterocycles. The highest BCUT2D eigenvalue weighted by molar-refractivity contribution is 6.15. The second-order valence-electron chi connectivity index (χ2n) is 5.35. The van der Waals surface area contributed by atoms with Crippen LogP contribution in [0.4, 0.5) is 0 Å². The van der Waals surface area contributed by atoms with Crippen molar-refractivity contribution in [3.05, 3.63) is 35.0 Å². The van der Waals surface area contributed by atoms with Crippen LogP contribution >= 0.6 is 0 Å². The third-order valence-electron chi connectivity index (χ3n) is 3.88. The van der Waals surface area contributed by atoms with Crippen LogP contribution in [0.25, 0.3) is 6.08 Å². The highest BCUT2D eigenvalue weighted by Crippen LogP contribution is 2.30. The molecular formula is C16H18N2O2. The molecule has 1 N–H and O–H groups in total. The molecule has 2 aliphatic rings. The van der Waals surface area contributed by atoms with Gasteiger partial charge in [0.1, 0.15) is 17.3 Å². The summed E-state index contributed by atoms with van der Waals surface area (Å²) in [7, 11) is 1.63. The molecule has 3 rings (SSSR count). The van der Waals surface area contributed by atoms with E-state index in [1.807, 2.05) is 25.1 Å². The first-order valence-electron chi connectivity index (χ1n) is 6.93. The molecule has 0 unspecified atom stereocenters. The molecule has 0 radical (unpaired) electrons. The molecule has 1 fully saturated rings. The molecule has 1 amide bonds. The summed E-state index contributed by atoms with van der Waals surface area (Å²) in [6.07, 6.45) is 5.28. The third-order valence-corrected chi connectivity index (χ3v) is 3.88. The van der Waals surface area contributed by atoms with Gasteiger partial charge in [-0.2, -0.15) is 0 Å². The standard InChI is InChI=1S/C16H18N2O2/c1-10-6-7-14(20-2)12(8-10)9-13-16(19)18-15(17-13)11-4-3-5-11/h6-9,11H,3-5H2,1-2H3,(H,17,18,19)/b13-9+. The van der Waals surface area contributed by atoms with Gasteiger partial charge in [-0.3, -0.25) is 4.79 Å². The SMILES string of the molecule is COc1ccc(C)cc1/C=C1/N=C(C2CCC2)NC1=O. The summed E-state index contributed by atoms with van der Waals surface area (Å²) in [5.41, 5.74) is 2.48. The zero-order chi connectivity index (χ0) is 14.1. The highest BCUT2D eigenvalue weighted by Gasteiger charge is 2.30. The first kappa shape index (κ1) is 12.9. The molecule has 0 bridgehead atoms. The summed E-state index contributed by atoms with van der Waals surface area (Å²) in [4.78, 5) is 16.4. The quantitative estimate of drug-likeness (QED) is 0.858. The van der Waals surface area contributed by atoms with Crippen LogP contribution in [-0.2, 0) is 4.79 Å². The molecule has 1 aromatic carbocycles. The molecule has 1 aliphatic heterocycles. The number of nitrogens with zero attached hydrogens (tertiary/aromatic N) is 1. The fourth-order valence-electron chi connectivity index (χ4n) is 2.48. The van der Waals surface area contributed by atoms with Gasteiger partial charge in [0.2, 0.25) is 0 Å². The fraction of sp³-hybridized carbons (Fsp3) is 0.375. The van der Waals surface area contributed by atoms with E-state index in [1.165, 1.54) is 6.42 Å². The zero-order valence-corrected chi connectivity index (χ0v) is 11.8. The Morgan fingerprint density at radius 2 is 2.20 bits per heavy atom. The second kappa shape index (κ2) is 5.12. The van der Waals surface area contributed by atoms with E-state index < -0.39 is 0 Å². The lowest BCUT2D eigenvalue weighted by molar-refractivity contribution is -0.115. The van der Waals surface area contributed by atoms with Crippen molar-refractivity contribution in [2.24, 2.45) is 10.9 Å². The van der Waals surface area contributed by atoms with Crippen molar-refractivity contribution < 1.29 is 9.53 Å². The average Bonchev–Trinajstić information content (AvgIpc) is 2.68. The van der Waals surface area contributed by atoms with Crippen LogP contribution in [0.5, 0.6) is 5.75 Å². The Hall–Kier alpha value is -2.10. The van der Waals surface area contributed by atoms with Crippen LogP contribution in [0.2, 0.25) is 0 Å². The Morgan fingerprint density at radius 3 is 2.85 bits per heavy atom. The summed E-state index contributed by atoms with van der Waals surface area (Å²) in [5.74, 6) is 1.90. The van der Waals surface area contributed by atoms with Gasteiger partial charge in [0.05, 0.1) is 7.11 Å². The van der Waals surface area contributed by atoms with Crippen molar-refractivity contribution in [2.75, 3.05) is 7.11 Å². The van der Waals surface area contributed by atoms with E-state index in [2.05, 4.69) is 10.3 Å². The topological polar surface area (TPSA) is 50.7 Å². The summed E-state index contributed by atoms with van der Waals surface area (Å²) >= 11 is 0. The number of aliphatic imine (C=N–C) groups is 1. The van der Waals surface area contributed by atoms with Gasteiger partial charge < -0.3 is 10.1 Å². The molecule has 0 spiro atoms. The molecule has 0 atom stereocenters. The van der Waals surface area contributed by atoms with Crippen LogP contribution in [0, 0.1) is 12.8 Å². The van der Waals surface area contributed by atoms with E-state index in [9.17, 15) is 4.79 Å². The Morgan fingerprint density at radius 1 is 1.40 bits per heavy atom. The molecule has 20 heavy (non-hydrogen) atoms. The Labute approximate surface area is 118 Å². The fourth-order valence-corrected chi connectivity index (χ4v) is 2.48. The van der Waals surface area contributed by atoms with Crippen molar-refractivity contribution in [1.29, 1.82) is 0 Å². The Bertz CT molecular complexity index is 613. The molecule has 104 valence electrons. The van der Waals surface area contributed by atoms with E-state index >= 15 is 0 Å². The molecule has 4 nitrogen and oxygen atoms in total. The van der Waals surface area contributed by atoms with Crippen molar-refractivity contribution in [3.63, 3.8) is 0 Å². The van der Waals surface area contributed by atoms with E-state index in [-0.39, 0.29) is 5.91 Å². The molecule has 0 aromatic heterocycles. The largest absolute Gasteiger partial charge is 0.496 e. The number of nitrogens with one attached hydrogen (secondary N) is 1. The maximum atomic E-state index is 12.0. The predicted molar refractivity (Wildman–Crippen MR) is 78.6 cm³/mol. The van der Waals surface area contributed by atoms with Crippen LogP contribution in [0.3, 0.4) is 0 Å². The number of aryl methyl sites for hydroxylation is 1. The van der Waals surface area contributed by atoms with Crippen LogP contribution in [0.1, 0.15) is 30.4 Å². The normalized spacial score (nSPS) is 20.6. The molecule has 1 saturated carbocycles. The first-order valence-corrected chi connectivity index (χ1v) is 6.93. The van der Waals surface area contributed by atoms with E-state index in [1.54, 1.807) is 13.2 Å². The minimum absolute atomic E-state index is 0.115. The number of rotatable bonds is 3. The summed E-state index contributed by atoms with van der Waals surface area (Å²) in [6, 6.07) is 5.89. The zero-order valence-electron chi connectivity index (χ0n) is 11.8. The van der Waals surface area contributed by atoms with E-state index in [4.69, 9.17) is 4.74 Å². The maximum absolute atomic E-state index is 12.0. The minimum atomic E-state index is -0.115. The molecule has 4 heteroatoms. The smallest absolute Gasteiger partial charge is 0.275 e. The number of hydrogen-bond donors (Lipinski definition) is 1. The number of benzene rings is 1. The lowest BCUT2D eigenvalue weighted by atomic mass is 9.84. The number of ether oxygens (including phenoxy) is 1. The highest BCUT2D eigenvalue weighted by atomic mass is 16.5. The van der Waals surface area contributed by atoms with Gasteiger partial charge in [0, 0.05) is 11.5 Å². The Balaban J connectivity index is 1.93. The first-order chi connectivity index (χ1) is 9.67. The number of carbonyl (C=O) groups is 1. The summed E-state index contributed by atoms with van der Waals surface area (Å²) < 4.78 is 5.33. The van der Waals surface area contributed by atoms with E-state index in [0.717, 1.165) is 35.6 Å². The van der Waals surface area contributed by atoms with Crippen molar-refractivity contribution in [3.8, 4) is 5.75 Å². The second-order valence-corrected chi connectivity index (χ2v) is 5.35. The van der Waals surface area contributed by atoms with Gasteiger partial charge in [-0.1, -0.05) is 18.1 Å². The van der Waals surface area contributed by atoms with Gasteiger partial charge in [0.25, 0.3) is 5.91 Å². The minimum Gasteiger partial charge on any atom is -0.496 e. The number of hydrogen-bond acceptors (Lipinski definition) is 3. The lowest BCUT2D eigenvalue weighted by Crippen LogP contribution is -2.33. The molecule has 1 aliphatic carbocycles. The van der Waals surface area contributed by atoms with Crippen molar-refractivity contribution in [2.45, 2.75) is 26.2 Å². The summed E-state index contributed by atoms with van der Waals surface area (Å²) in [5, 5.41) is 2.88. The van der Waals surface area contributed by atoms with Crippen molar-refractivity contribution in [1.82, 2.24) is 5.32 Å². The average molecular weight is 270 g/mol. The van der Waals surface area contributed by atoms with Crippen LogP contribution < -0.4 is 10.1 Å². The van der Waals surface area contributed by atoms with Gasteiger partial charge >= 0.3 is 0 Å². The summed E-state index contributed by atoms with van der Waals surface area (Å²) in [6.45, 7) is 2.01. The monoisotopic (exact) mass is 270 g/mol. The van der Waals surface area contributed by atoms with E-state index in [0.29, 0.717) is 11.6 Å². The predicted octanol–water partition coefficient (Wildman–Crippen LogP) is 2.67. The molecular weight excluding hydrogens is 252 g/mol. The van der Waals surface area contributed by atoms with Gasteiger partial charge in [-0.15, -0.1) is 0 Å². The van der Waals surface area contributed by atoms with Gasteiger partial charge in [-0.25, -0.2) is 4.99 Å². The number of amides is 1. The maximum Gasteiger partial charge on any atom is 0.275 e. The Kier molecular flexibility index (Phi) is 3.30. The molecule has 1 heterocycles. The van der Waals surface area contributed by atoms with Crippen LogP contribution in [0.15, 0.2) is 28.9 Å². The molecule has 1 aromatic rings. The number of amidine groups is 1. The number of carbonyl (C=O) groups excluding carboxylic acids is 1. The van der Waals surface area contributed by atoms with Crippen LogP contribution in [-0.4, -0.2) is 18.9 Å². The van der Waals surface area contributed by atoms with Gasteiger partial charge in [0.15, 0.2) is 0 Å². The lowest BCUT2D eigenvalue weighted by Gasteiger charge is -2.24. The number of methoxy groups -OCH3 is 1. The third kappa shape index (κ3) is 2.33. The van der Waals surface area contributed by atoms with Gasteiger partial charge in [-0.05, 0) is 38.0 Å². The van der Waals surface area contributed by atoms with Crippen molar-refractivity contribution >= 4 is 17.8 Å².